The SMILES string of the molecule is CCCC/C(B1OC(C)(C)C(C)(C)O1)=C(/C/C(F)=C/c1ccc(C(C)(C)C)cc1)c1ccc2c(C)cc(=O)oc2c1. The molecule has 4 rings (SSSR count). The number of benzene rings is 2. The van der Waals surface area contributed by atoms with Crippen LogP contribution in [0.3, 0.4) is 0 Å². The van der Waals surface area contributed by atoms with Gasteiger partial charge in [-0.3, -0.25) is 0 Å². The summed E-state index contributed by atoms with van der Waals surface area (Å²) in [5.74, 6) is -0.264. The Bertz CT molecular complexity index is 1500. The molecule has 0 radical (unpaired) electrons. The zero-order chi connectivity index (χ0) is 30.2. The van der Waals surface area contributed by atoms with E-state index in [1.54, 1.807) is 6.08 Å². The molecule has 0 aliphatic carbocycles. The summed E-state index contributed by atoms with van der Waals surface area (Å²) >= 11 is 0. The first-order valence-electron chi connectivity index (χ1n) is 14.7. The van der Waals surface area contributed by atoms with Crippen LogP contribution in [0.2, 0.25) is 0 Å². The van der Waals surface area contributed by atoms with E-state index in [1.807, 2.05) is 65.0 Å². The van der Waals surface area contributed by atoms with Crippen LogP contribution >= 0.6 is 0 Å². The van der Waals surface area contributed by atoms with Gasteiger partial charge in [-0.05, 0) is 91.9 Å². The third-order valence-electron chi connectivity index (χ3n) is 8.47. The number of fused-ring (bicyclic) bond motifs is 1. The summed E-state index contributed by atoms with van der Waals surface area (Å²) in [6, 6.07) is 15.3. The Labute approximate surface area is 244 Å². The summed E-state index contributed by atoms with van der Waals surface area (Å²) in [6.45, 7) is 18.6. The zero-order valence-corrected chi connectivity index (χ0v) is 26.1. The van der Waals surface area contributed by atoms with E-state index >= 15 is 4.39 Å². The quantitative estimate of drug-likeness (QED) is 0.204. The maximum absolute atomic E-state index is 15.9. The van der Waals surface area contributed by atoms with Gasteiger partial charge >= 0.3 is 12.7 Å². The van der Waals surface area contributed by atoms with Crippen molar-refractivity contribution in [3.63, 3.8) is 0 Å². The van der Waals surface area contributed by atoms with Gasteiger partial charge < -0.3 is 13.7 Å². The molecule has 1 fully saturated rings. The molecular formula is C35H44BFO4. The van der Waals surface area contributed by atoms with Crippen molar-refractivity contribution in [1.29, 1.82) is 0 Å². The lowest BCUT2D eigenvalue weighted by molar-refractivity contribution is 0.00578. The van der Waals surface area contributed by atoms with Crippen molar-refractivity contribution in [3.8, 4) is 0 Å². The molecule has 3 aromatic rings. The number of unbranched alkanes of at least 4 members (excludes halogenated alkanes) is 1. The highest BCUT2D eigenvalue weighted by Crippen LogP contribution is 2.42. The maximum atomic E-state index is 15.9. The van der Waals surface area contributed by atoms with Crippen LogP contribution in [0.25, 0.3) is 22.6 Å². The van der Waals surface area contributed by atoms with Gasteiger partial charge in [0, 0.05) is 17.9 Å². The van der Waals surface area contributed by atoms with Crippen LogP contribution in [0, 0.1) is 6.92 Å². The Kier molecular flexibility index (Phi) is 8.87. The monoisotopic (exact) mass is 558 g/mol. The van der Waals surface area contributed by atoms with E-state index in [4.69, 9.17) is 13.7 Å². The van der Waals surface area contributed by atoms with Gasteiger partial charge in [0.25, 0.3) is 0 Å². The lowest BCUT2D eigenvalue weighted by Gasteiger charge is -2.32. The fraction of sp³-hybridized carbons (Fsp3) is 0.457. The van der Waals surface area contributed by atoms with Crippen molar-refractivity contribution >= 4 is 29.7 Å². The van der Waals surface area contributed by atoms with E-state index in [-0.39, 0.29) is 17.7 Å². The largest absolute Gasteiger partial charge is 0.490 e. The number of allylic oxidation sites excluding steroid dienone is 3. The average molecular weight is 559 g/mol. The lowest BCUT2D eigenvalue weighted by Crippen LogP contribution is -2.41. The second-order valence-corrected chi connectivity index (χ2v) is 13.3. The van der Waals surface area contributed by atoms with Crippen LogP contribution in [0.5, 0.6) is 0 Å². The Balaban J connectivity index is 1.85. The molecule has 0 saturated carbocycles. The highest BCUT2D eigenvalue weighted by atomic mass is 19.1. The Hall–Kier alpha value is -2.96. The van der Waals surface area contributed by atoms with Gasteiger partial charge in [0.2, 0.25) is 0 Å². The van der Waals surface area contributed by atoms with Crippen LogP contribution < -0.4 is 5.63 Å². The Morgan fingerprint density at radius 1 is 0.976 bits per heavy atom. The van der Waals surface area contributed by atoms with Gasteiger partial charge in [-0.2, -0.15) is 0 Å². The molecule has 1 aliphatic heterocycles. The molecule has 1 aliphatic rings. The number of rotatable bonds is 8. The minimum Gasteiger partial charge on any atom is -0.423 e. The van der Waals surface area contributed by atoms with Crippen LogP contribution in [0.15, 0.2) is 69.0 Å². The predicted molar refractivity (Wildman–Crippen MR) is 169 cm³/mol. The van der Waals surface area contributed by atoms with Gasteiger partial charge in [-0.1, -0.05) is 76.9 Å². The van der Waals surface area contributed by atoms with Gasteiger partial charge in [0.05, 0.1) is 11.2 Å². The van der Waals surface area contributed by atoms with E-state index in [1.165, 1.54) is 11.6 Å². The third kappa shape index (κ3) is 6.93. The van der Waals surface area contributed by atoms with E-state index < -0.39 is 23.9 Å². The second kappa shape index (κ2) is 11.7. The van der Waals surface area contributed by atoms with Gasteiger partial charge in [0.15, 0.2) is 0 Å². The van der Waals surface area contributed by atoms with E-state index in [9.17, 15) is 4.79 Å². The summed E-state index contributed by atoms with van der Waals surface area (Å²) in [4.78, 5) is 12.2. The van der Waals surface area contributed by atoms with Crippen LogP contribution in [0.1, 0.15) is 103 Å². The van der Waals surface area contributed by atoms with Gasteiger partial charge in [0.1, 0.15) is 11.4 Å². The van der Waals surface area contributed by atoms with E-state index in [2.05, 4.69) is 39.8 Å². The van der Waals surface area contributed by atoms with Gasteiger partial charge in [-0.15, -0.1) is 0 Å². The molecule has 1 saturated heterocycles. The second-order valence-electron chi connectivity index (χ2n) is 13.3. The first-order chi connectivity index (χ1) is 19.1. The molecule has 1 aromatic heterocycles. The fourth-order valence-electron chi connectivity index (χ4n) is 5.16. The standard InChI is InChI=1S/C35H44BFO4/c1-10-11-12-30(36-40-34(6,7)35(8,9)41-36)29(25-15-18-28-23(2)19-32(38)39-31(28)21-25)22-27(37)20-24-13-16-26(17-14-24)33(3,4)5/h13-21H,10-12,22H2,1-9H3/b27-20-,30-29+. The topological polar surface area (TPSA) is 48.7 Å². The molecule has 0 unspecified atom stereocenters. The molecule has 6 heteroatoms. The van der Waals surface area contributed by atoms with Crippen molar-refractivity contribution in [3.05, 3.63) is 92.5 Å². The van der Waals surface area contributed by atoms with Crippen molar-refractivity contribution in [2.75, 3.05) is 0 Å². The maximum Gasteiger partial charge on any atom is 0.490 e. The van der Waals surface area contributed by atoms with Crippen molar-refractivity contribution in [1.82, 2.24) is 0 Å². The Morgan fingerprint density at radius 3 is 2.20 bits per heavy atom. The van der Waals surface area contributed by atoms with Crippen LogP contribution in [-0.4, -0.2) is 18.3 Å². The number of aryl methyl sites for hydroxylation is 1. The summed E-state index contributed by atoms with van der Waals surface area (Å²) in [6.07, 6.45) is 4.24. The fourth-order valence-corrected chi connectivity index (χ4v) is 5.16. The summed E-state index contributed by atoms with van der Waals surface area (Å²) in [5, 5.41) is 0.855. The molecule has 218 valence electrons. The number of hydrogen-bond acceptors (Lipinski definition) is 4. The minimum atomic E-state index is -0.611. The molecule has 0 N–H and O–H groups in total. The summed E-state index contributed by atoms with van der Waals surface area (Å²) in [7, 11) is -0.611. The third-order valence-corrected chi connectivity index (χ3v) is 8.47. The highest BCUT2D eigenvalue weighted by molar-refractivity contribution is 6.56. The van der Waals surface area contributed by atoms with E-state index in [0.717, 1.165) is 46.0 Å². The molecule has 0 atom stereocenters. The van der Waals surface area contributed by atoms with Crippen molar-refractivity contribution < 1.29 is 18.1 Å². The molecule has 0 bridgehead atoms. The molecule has 0 spiro atoms. The first kappa shape index (κ1) is 31.0. The average Bonchev–Trinajstić information content (AvgIpc) is 3.09. The predicted octanol–water partition coefficient (Wildman–Crippen LogP) is 9.37. The van der Waals surface area contributed by atoms with E-state index in [0.29, 0.717) is 12.0 Å². The normalized spacial score (nSPS) is 17.7. The van der Waals surface area contributed by atoms with Crippen LogP contribution in [0.4, 0.5) is 4.39 Å². The number of hydrogen-bond donors (Lipinski definition) is 0. The molecular weight excluding hydrogens is 514 g/mol. The Morgan fingerprint density at radius 2 is 1.61 bits per heavy atom. The molecule has 41 heavy (non-hydrogen) atoms. The molecule has 4 nitrogen and oxygen atoms in total. The summed E-state index contributed by atoms with van der Waals surface area (Å²) in [5.41, 5.74) is 4.40. The molecule has 0 amide bonds. The lowest BCUT2D eigenvalue weighted by atomic mass is 9.70. The first-order valence-corrected chi connectivity index (χ1v) is 14.7. The smallest absolute Gasteiger partial charge is 0.423 e. The molecule has 2 heterocycles. The van der Waals surface area contributed by atoms with Crippen molar-refractivity contribution in [2.24, 2.45) is 0 Å². The minimum absolute atomic E-state index is 0.0250. The zero-order valence-electron chi connectivity index (χ0n) is 26.1. The van der Waals surface area contributed by atoms with Gasteiger partial charge in [-0.25, -0.2) is 9.18 Å². The summed E-state index contributed by atoms with van der Waals surface area (Å²) < 4.78 is 34.5. The van der Waals surface area contributed by atoms with Crippen molar-refractivity contribution in [2.45, 2.75) is 105 Å². The molecule has 2 aromatic carbocycles. The van der Waals surface area contributed by atoms with Crippen LogP contribution in [-0.2, 0) is 14.7 Å². The highest BCUT2D eigenvalue weighted by Gasteiger charge is 2.52. The number of halogens is 1.